The Labute approximate surface area is 187 Å². The first-order chi connectivity index (χ1) is 15.1. The van der Waals surface area contributed by atoms with E-state index in [0.29, 0.717) is 5.75 Å². The van der Waals surface area contributed by atoms with Gasteiger partial charge >= 0.3 is 0 Å². The van der Waals surface area contributed by atoms with Gasteiger partial charge in [-0.3, -0.25) is 9.69 Å². The molecule has 31 heavy (non-hydrogen) atoms. The molecule has 0 spiro atoms. The molecule has 1 aliphatic rings. The van der Waals surface area contributed by atoms with Crippen LogP contribution in [0, 0.1) is 0 Å². The number of rotatable bonds is 8. The maximum Gasteiger partial charge on any atom is 0.230 e. The summed E-state index contributed by atoms with van der Waals surface area (Å²) in [5.74, 6) is 1.47. The second-order valence-corrected chi connectivity index (χ2v) is 8.80. The number of carbonyl (C=O) groups excluding carboxylic acids is 1. The normalized spacial score (nSPS) is 15.9. The summed E-state index contributed by atoms with van der Waals surface area (Å²) in [7, 11) is 0. The molecule has 1 atom stereocenters. The van der Waals surface area contributed by atoms with Gasteiger partial charge in [0.25, 0.3) is 0 Å². The number of imidazole rings is 1. The predicted octanol–water partition coefficient (Wildman–Crippen LogP) is 2.87. The minimum Gasteiger partial charge on any atom is -0.354 e. The number of hydrogen-bond donors (Lipinski definition) is 1. The first-order valence-electron chi connectivity index (χ1n) is 10.9. The maximum atomic E-state index is 12.5. The molecular weight excluding hydrogens is 408 g/mol. The highest BCUT2D eigenvalue weighted by atomic mass is 32.2. The fourth-order valence-corrected chi connectivity index (χ4v) is 4.94. The van der Waals surface area contributed by atoms with Crippen LogP contribution >= 0.6 is 11.8 Å². The highest BCUT2D eigenvalue weighted by molar-refractivity contribution is 7.99. The van der Waals surface area contributed by atoms with Crippen molar-refractivity contribution in [2.24, 2.45) is 0 Å². The van der Waals surface area contributed by atoms with E-state index in [-0.39, 0.29) is 11.9 Å². The molecule has 4 rings (SSSR count). The van der Waals surface area contributed by atoms with Crippen molar-refractivity contribution in [1.29, 1.82) is 0 Å². The number of carbonyl (C=O) groups is 1. The second-order valence-electron chi connectivity index (χ2n) is 7.86. The summed E-state index contributed by atoms with van der Waals surface area (Å²) in [5.41, 5.74) is 2.09. The second kappa shape index (κ2) is 10.2. The molecule has 0 saturated carbocycles. The number of para-hydroxylation sites is 2. The standard InChI is InChI=1S/C23H30N6OS/c1-3-29-20-9-5-4-8-19(20)26-23(29)31-17-22(30)25-18(2)16-27-12-14-28(15-13-27)21-10-6-7-11-24-21/h4-11,18H,3,12-17H2,1-2H3,(H,25,30). The van der Waals surface area contributed by atoms with Crippen LogP contribution < -0.4 is 10.2 Å². The van der Waals surface area contributed by atoms with E-state index in [1.54, 1.807) is 0 Å². The van der Waals surface area contributed by atoms with E-state index in [0.717, 1.165) is 61.3 Å². The zero-order valence-corrected chi connectivity index (χ0v) is 19.0. The maximum absolute atomic E-state index is 12.5. The van der Waals surface area contributed by atoms with Crippen molar-refractivity contribution < 1.29 is 4.79 Å². The highest BCUT2D eigenvalue weighted by Gasteiger charge is 2.20. The van der Waals surface area contributed by atoms with E-state index in [4.69, 9.17) is 0 Å². The number of pyridine rings is 1. The fraction of sp³-hybridized carbons (Fsp3) is 0.435. The number of nitrogens with one attached hydrogen (secondary N) is 1. The number of nitrogens with zero attached hydrogens (tertiary/aromatic N) is 5. The Hall–Kier alpha value is -2.58. The van der Waals surface area contributed by atoms with Gasteiger partial charge < -0.3 is 14.8 Å². The van der Waals surface area contributed by atoms with Crippen LogP contribution in [0.4, 0.5) is 5.82 Å². The number of anilines is 1. The molecule has 7 nitrogen and oxygen atoms in total. The van der Waals surface area contributed by atoms with Crippen LogP contribution in [0.15, 0.2) is 53.8 Å². The Kier molecular flexibility index (Phi) is 7.09. The lowest BCUT2D eigenvalue weighted by Crippen LogP contribution is -2.51. The third kappa shape index (κ3) is 5.37. The van der Waals surface area contributed by atoms with Crippen molar-refractivity contribution in [3.05, 3.63) is 48.7 Å². The first-order valence-corrected chi connectivity index (χ1v) is 11.9. The van der Waals surface area contributed by atoms with Gasteiger partial charge in [-0.05, 0) is 38.1 Å². The quantitative estimate of drug-likeness (QED) is 0.546. The molecular formula is C23H30N6OS. The van der Waals surface area contributed by atoms with Crippen LogP contribution in [0.25, 0.3) is 11.0 Å². The van der Waals surface area contributed by atoms with Crippen molar-refractivity contribution >= 4 is 34.5 Å². The monoisotopic (exact) mass is 438 g/mol. The van der Waals surface area contributed by atoms with E-state index in [2.05, 4.69) is 55.6 Å². The van der Waals surface area contributed by atoms with E-state index >= 15 is 0 Å². The lowest BCUT2D eigenvalue weighted by molar-refractivity contribution is -0.119. The number of hydrogen-bond acceptors (Lipinski definition) is 6. The minimum absolute atomic E-state index is 0.0549. The summed E-state index contributed by atoms with van der Waals surface area (Å²) < 4.78 is 2.16. The molecule has 3 heterocycles. The van der Waals surface area contributed by atoms with Crippen LogP contribution in [0.1, 0.15) is 13.8 Å². The largest absolute Gasteiger partial charge is 0.354 e. The first kappa shape index (κ1) is 21.6. The Bertz CT molecular complexity index is 1000. The molecule has 164 valence electrons. The summed E-state index contributed by atoms with van der Waals surface area (Å²) in [6.45, 7) is 9.76. The minimum atomic E-state index is 0.0549. The molecule has 0 aliphatic carbocycles. The van der Waals surface area contributed by atoms with Crippen LogP contribution in [0.3, 0.4) is 0 Å². The van der Waals surface area contributed by atoms with Gasteiger partial charge in [-0.1, -0.05) is 30.0 Å². The van der Waals surface area contributed by atoms with Crippen LogP contribution in [-0.4, -0.2) is 69.9 Å². The van der Waals surface area contributed by atoms with Crippen LogP contribution in [-0.2, 0) is 11.3 Å². The molecule has 1 aromatic carbocycles. The fourth-order valence-electron chi connectivity index (χ4n) is 4.05. The van der Waals surface area contributed by atoms with Gasteiger partial charge in [0.15, 0.2) is 5.16 Å². The van der Waals surface area contributed by atoms with Crippen molar-refractivity contribution in [3.63, 3.8) is 0 Å². The number of aromatic nitrogens is 3. The molecule has 1 amide bonds. The van der Waals surface area contributed by atoms with Gasteiger partial charge in [0.2, 0.25) is 5.91 Å². The Balaban J connectivity index is 1.22. The zero-order chi connectivity index (χ0) is 21.6. The summed E-state index contributed by atoms with van der Waals surface area (Å²) in [6, 6.07) is 14.2. The molecule has 1 saturated heterocycles. The average Bonchev–Trinajstić information content (AvgIpc) is 3.16. The SMILES string of the molecule is CCn1c(SCC(=O)NC(C)CN2CCN(c3ccccn3)CC2)nc2ccccc21. The molecule has 0 bridgehead atoms. The highest BCUT2D eigenvalue weighted by Crippen LogP contribution is 2.23. The molecule has 1 aliphatic heterocycles. The van der Waals surface area contributed by atoms with Crippen LogP contribution in [0.5, 0.6) is 0 Å². The van der Waals surface area contributed by atoms with E-state index in [9.17, 15) is 4.79 Å². The molecule has 3 aromatic rings. The number of piperazine rings is 1. The van der Waals surface area contributed by atoms with Crippen LogP contribution in [0.2, 0.25) is 0 Å². The summed E-state index contributed by atoms with van der Waals surface area (Å²) in [6.07, 6.45) is 1.84. The van der Waals surface area contributed by atoms with Gasteiger partial charge in [-0.2, -0.15) is 0 Å². The van der Waals surface area contributed by atoms with Crippen molar-refractivity contribution in [2.75, 3.05) is 43.4 Å². The van der Waals surface area contributed by atoms with Gasteiger partial charge in [0.05, 0.1) is 16.8 Å². The third-order valence-corrected chi connectivity index (χ3v) is 6.53. The number of benzene rings is 1. The molecule has 0 radical (unpaired) electrons. The summed E-state index contributed by atoms with van der Waals surface area (Å²) in [4.78, 5) is 26.4. The number of thioether (sulfide) groups is 1. The third-order valence-electron chi connectivity index (χ3n) is 5.55. The molecule has 8 heteroatoms. The number of aryl methyl sites for hydroxylation is 1. The summed E-state index contributed by atoms with van der Waals surface area (Å²) >= 11 is 1.50. The van der Waals surface area contributed by atoms with Gasteiger partial charge in [-0.25, -0.2) is 9.97 Å². The van der Waals surface area contributed by atoms with Crippen molar-refractivity contribution in [3.8, 4) is 0 Å². The Morgan fingerprint density at radius 3 is 2.65 bits per heavy atom. The Morgan fingerprint density at radius 1 is 1.13 bits per heavy atom. The molecule has 1 fully saturated rings. The molecule has 2 aromatic heterocycles. The number of amides is 1. The van der Waals surface area contributed by atoms with E-state index < -0.39 is 0 Å². The van der Waals surface area contributed by atoms with Gasteiger partial charge in [0, 0.05) is 51.5 Å². The predicted molar refractivity (Wildman–Crippen MR) is 127 cm³/mol. The van der Waals surface area contributed by atoms with Crippen molar-refractivity contribution in [1.82, 2.24) is 24.8 Å². The smallest absolute Gasteiger partial charge is 0.230 e. The topological polar surface area (TPSA) is 66.3 Å². The zero-order valence-electron chi connectivity index (χ0n) is 18.2. The van der Waals surface area contributed by atoms with E-state index in [1.165, 1.54) is 11.8 Å². The summed E-state index contributed by atoms with van der Waals surface area (Å²) in [5, 5.41) is 4.05. The number of fused-ring (bicyclic) bond motifs is 1. The van der Waals surface area contributed by atoms with Gasteiger partial charge in [-0.15, -0.1) is 0 Å². The average molecular weight is 439 g/mol. The molecule has 1 N–H and O–H groups in total. The van der Waals surface area contributed by atoms with Crippen molar-refractivity contribution in [2.45, 2.75) is 31.6 Å². The lowest BCUT2D eigenvalue weighted by Gasteiger charge is -2.36. The van der Waals surface area contributed by atoms with Gasteiger partial charge in [0.1, 0.15) is 5.82 Å². The molecule has 1 unspecified atom stereocenters. The van der Waals surface area contributed by atoms with E-state index in [1.807, 2.05) is 36.5 Å². The Morgan fingerprint density at radius 2 is 1.90 bits per heavy atom. The lowest BCUT2D eigenvalue weighted by atomic mass is 10.2.